The highest BCUT2D eigenvalue weighted by molar-refractivity contribution is 7.99. The summed E-state index contributed by atoms with van der Waals surface area (Å²) in [4.78, 5) is 12.5. The van der Waals surface area contributed by atoms with Crippen molar-refractivity contribution in [3.05, 3.63) is 42.5 Å². The summed E-state index contributed by atoms with van der Waals surface area (Å²) < 4.78 is 5.23. The molecule has 3 heteroatoms. The van der Waals surface area contributed by atoms with E-state index < -0.39 is 0 Å². The Morgan fingerprint density at radius 1 is 1.24 bits per heavy atom. The van der Waals surface area contributed by atoms with E-state index in [2.05, 4.69) is 30.3 Å². The minimum atomic E-state index is -0.0425. The van der Waals surface area contributed by atoms with Crippen molar-refractivity contribution in [2.24, 2.45) is 11.8 Å². The van der Waals surface area contributed by atoms with E-state index in [1.54, 1.807) is 0 Å². The number of allylic oxidation sites excluding steroid dienone is 1. The van der Waals surface area contributed by atoms with Crippen molar-refractivity contribution in [3.63, 3.8) is 0 Å². The molecule has 3 atom stereocenters. The highest BCUT2D eigenvalue weighted by Crippen LogP contribution is 2.38. The van der Waals surface area contributed by atoms with Crippen LogP contribution in [0.2, 0.25) is 0 Å². The fourth-order valence-electron chi connectivity index (χ4n) is 2.46. The lowest BCUT2D eigenvalue weighted by molar-refractivity contribution is -0.140. The van der Waals surface area contributed by atoms with E-state index in [9.17, 15) is 4.79 Å². The molecule has 1 aliphatic carbocycles. The summed E-state index contributed by atoms with van der Waals surface area (Å²) in [6.07, 6.45) is 4.88. The average molecular weight is 246 g/mol. The second-order valence-corrected chi connectivity index (χ2v) is 5.59. The van der Waals surface area contributed by atoms with Gasteiger partial charge in [-0.2, -0.15) is 0 Å². The van der Waals surface area contributed by atoms with Gasteiger partial charge in [0.1, 0.15) is 6.10 Å². The lowest BCUT2D eigenvalue weighted by Gasteiger charge is -2.15. The summed E-state index contributed by atoms with van der Waals surface area (Å²) in [7, 11) is 0. The van der Waals surface area contributed by atoms with Crippen molar-refractivity contribution in [3.8, 4) is 0 Å². The van der Waals surface area contributed by atoms with E-state index in [1.807, 2.05) is 23.9 Å². The molecule has 0 bridgehead atoms. The van der Waals surface area contributed by atoms with Crippen LogP contribution in [0.1, 0.15) is 6.42 Å². The van der Waals surface area contributed by atoms with Gasteiger partial charge in [0.15, 0.2) is 0 Å². The molecule has 3 rings (SSSR count). The fraction of sp³-hybridized carbons (Fsp3) is 0.357. The van der Waals surface area contributed by atoms with Crippen LogP contribution in [0.3, 0.4) is 0 Å². The van der Waals surface area contributed by atoms with Crippen LogP contribution in [0.25, 0.3) is 0 Å². The summed E-state index contributed by atoms with van der Waals surface area (Å²) >= 11 is 1.85. The van der Waals surface area contributed by atoms with Crippen LogP contribution in [0, 0.1) is 11.8 Å². The first-order valence-electron chi connectivity index (χ1n) is 5.88. The van der Waals surface area contributed by atoms with Crippen molar-refractivity contribution in [2.75, 3.05) is 5.75 Å². The molecular formula is C14H14O2S. The van der Waals surface area contributed by atoms with Crippen LogP contribution < -0.4 is 0 Å². The van der Waals surface area contributed by atoms with Crippen molar-refractivity contribution in [2.45, 2.75) is 17.4 Å². The maximum absolute atomic E-state index is 11.2. The van der Waals surface area contributed by atoms with Gasteiger partial charge in [0.2, 0.25) is 0 Å². The van der Waals surface area contributed by atoms with Gasteiger partial charge in [-0.25, -0.2) is 0 Å². The van der Waals surface area contributed by atoms with Gasteiger partial charge in [-0.3, -0.25) is 4.79 Å². The Balaban J connectivity index is 1.60. The predicted octanol–water partition coefficient (Wildman–Crippen LogP) is 2.90. The molecule has 0 spiro atoms. The highest BCUT2D eigenvalue weighted by Gasteiger charge is 2.41. The Kier molecular flexibility index (Phi) is 2.93. The number of rotatable bonds is 3. The molecule has 1 aromatic carbocycles. The number of thioether (sulfide) groups is 1. The number of carbonyl (C=O) groups is 1. The molecule has 1 aliphatic heterocycles. The Hall–Kier alpha value is -1.22. The normalized spacial score (nSPS) is 30.4. The van der Waals surface area contributed by atoms with Gasteiger partial charge >= 0.3 is 5.97 Å². The third-order valence-electron chi connectivity index (χ3n) is 3.38. The number of esters is 1. The first-order chi connectivity index (χ1) is 8.33. The van der Waals surface area contributed by atoms with Gasteiger partial charge in [0.25, 0.3) is 0 Å². The summed E-state index contributed by atoms with van der Waals surface area (Å²) in [6, 6.07) is 10.4. The van der Waals surface area contributed by atoms with Crippen LogP contribution in [-0.2, 0) is 9.53 Å². The van der Waals surface area contributed by atoms with Crippen LogP contribution in [0.4, 0.5) is 0 Å². The van der Waals surface area contributed by atoms with E-state index in [0.717, 1.165) is 5.75 Å². The van der Waals surface area contributed by atoms with E-state index in [1.165, 1.54) is 4.90 Å². The van der Waals surface area contributed by atoms with E-state index in [0.29, 0.717) is 18.3 Å². The third kappa shape index (κ3) is 2.25. The van der Waals surface area contributed by atoms with Crippen molar-refractivity contribution >= 4 is 17.7 Å². The number of carbonyl (C=O) groups excluding carboxylic acids is 1. The molecule has 1 aromatic rings. The largest absolute Gasteiger partial charge is 0.458 e. The van der Waals surface area contributed by atoms with Crippen molar-refractivity contribution in [1.29, 1.82) is 0 Å². The summed E-state index contributed by atoms with van der Waals surface area (Å²) in [5.41, 5.74) is 0. The van der Waals surface area contributed by atoms with Gasteiger partial charge in [-0.05, 0) is 24.1 Å². The number of ether oxygens (including phenoxy) is 1. The van der Waals surface area contributed by atoms with Crippen LogP contribution in [-0.4, -0.2) is 17.8 Å². The molecule has 0 saturated carbocycles. The number of hydrogen-bond acceptors (Lipinski definition) is 3. The standard InChI is InChI=1S/C14H14O2S/c15-14-8-12-10(6-7-13(12)16-14)9-17-11-4-2-1-3-5-11/h1-7,10,12-13H,8-9H2. The van der Waals surface area contributed by atoms with Gasteiger partial charge in [-0.15, -0.1) is 11.8 Å². The molecule has 2 aliphatic rings. The van der Waals surface area contributed by atoms with Crippen molar-refractivity contribution < 1.29 is 9.53 Å². The lowest BCUT2D eigenvalue weighted by Crippen LogP contribution is -2.16. The quantitative estimate of drug-likeness (QED) is 0.466. The number of hydrogen-bond donors (Lipinski definition) is 0. The first kappa shape index (κ1) is 10.9. The highest BCUT2D eigenvalue weighted by atomic mass is 32.2. The van der Waals surface area contributed by atoms with Crippen LogP contribution in [0.15, 0.2) is 47.4 Å². The summed E-state index contributed by atoms with van der Waals surface area (Å²) in [5, 5.41) is 0. The Labute approximate surface area is 105 Å². The van der Waals surface area contributed by atoms with Gasteiger partial charge in [0, 0.05) is 16.6 Å². The van der Waals surface area contributed by atoms with E-state index >= 15 is 0 Å². The Bertz CT molecular complexity index is 441. The number of fused-ring (bicyclic) bond motifs is 1. The van der Waals surface area contributed by atoms with Gasteiger partial charge in [0.05, 0.1) is 6.42 Å². The monoisotopic (exact) mass is 246 g/mol. The molecule has 1 saturated heterocycles. The third-order valence-corrected chi connectivity index (χ3v) is 4.53. The minimum absolute atomic E-state index is 0.0425. The van der Waals surface area contributed by atoms with Gasteiger partial charge < -0.3 is 4.74 Å². The zero-order valence-corrected chi connectivity index (χ0v) is 10.2. The van der Waals surface area contributed by atoms with E-state index in [4.69, 9.17) is 4.74 Å². The maximum Gasteiger partial charge on any atom is 0.306 e. The predicted molar refractivity (Wildman–Crippen MR) is 67.8 cm³/mol. The molecule has 0 N–H and O–H groups in total. The SMILES string of the molecule is O=C1CC2C(CSc3ccccc3)C=CC2O1. The van der Waals surface area contributed by atoms with Crippen molar-refractivity contribution in [1.82, 2.24) is 0 Å². The molecular weight excluding hydrogens is 232 g/mol. The topological polar surface area (TPSA) is 26.3 Å². The van der Waals surface area contributed by atoms with Crippen LogP contribution in [0.5, 0.6) is 0 Å². The zero-order valence-electron chi connectivity index (χ0n) is 9.41. The van der Waals surface area contributed by atoms with E-state index in [-0.39, 0.29) is 12.1 Å². The molecule has 1 fully saturated rings. The molecule has 88 valence electrons. The second kappa shape index (κ2) is 4.57. The first-order valence-corrected chi connectivity index (χ1v) is 6.87. The average Bonchev–Trinajstić information content (AvgIpc) is 2.87. The number of benzene rings is 1. The molecule has 1 heterocycles. The fourth-order valence-corrected chi connectivity index (χ4v) is 3.55. The molecule has 17 heavy (non-hydrogen) atoms. The molecule has 0 aromatic heterocycles. The summed E-state index contributed by atoms with van der Waals surface area (Å²) in [5.74, 6) is 1.83. The smallest absolute Gasteiger partial charge is 0.306 e. The molecule has 2 nitrogen and oxygen atoms in total. The second-order valence-electron chi connectivity index (χ2n) is 4.50. The molecule has 3 unspecified atom stereocenters. The Morgan fingerprint density at radius 2 is 2.06 bits per heavy atom. The zero-order chi connectivity index (χ0) is 11.7. The molecule has 0 radical (unpaired) electrons. The molecule has 0 amide bonds. The minimum Gasteiger partial charge on any atom is -0.458 e. The summed E-state index contributed by atoms with van der Waals surface area (Å²) in [6.45, 7) is 0. The Morgan fingerprint density at radius 3 is 2.88 bits per heavy atom. The maximum atomic E-state index is 11.2. The van der Waals surface area contributed by atoms with Gasteiger partial charge in [-0.1, -0.05) is 24.3 Å². The van der Waals surface area contributed by atoms with Crippen LogP contribution >= 0.6 is 11.8 Å². The lowest BCUT2D eigenvalue weighted by atomic mass is 9.94.